The minimum atomic E-state index is -0.176. The van der Waals surface area contributed by atoms with Gasteiger partial charge in [-0.15, -0.1) is 0 Å². The Balaban J connectivity index is 2.13. The molecule has 82 valence electrons. The first-order valence-corrected chi connectivity index (χ1v) is 5.52. The number of piperidine rings is 1. The van der Waals surface area contributed by atoms with Crippen LogP contribution in [0, 0.1) is 11.8 Å². The van der Waals surface area contributed by atoms with Gasteiger partial charge in [0.2, 0.25) is 0 Å². The zero-order chi connectivity index (χ0) is 10.8. The van der Waals surface area contributed by atoms with E-state index in [1.807, 2.05) is 24.4 Å². The molecule has 0 aromatic carbocycles. The van der Waals surface area contributed by atoms with Crippen molar-refractivity contribution in [2.75, 3.05) is 18.0 Å². The van der Waals surface area contributed by atoms with E-state index in [-0.39, 0.29) is 6.10 Å². The van der Waals surface area contributed by atoms with E-state index in [0.29, 0.717) is 11.8 Å². The summed E-state index contributed by atoms with van der Waals surface area (Å²) < 4.78 is 0. The number of rotatable bonds is 1. The third kappa shape index (κ3) is 2.12. The predicted molar refractivity (Wildman–Crippen MR) is 60.8 cm³/mol. The van der Waals surface area contributed by atoms with E-state index in [2.05, 4.69) is 23.7 Å². The van der Waals surface area contributed by atoms with Crippen molar-refractivity contribution in [3.8, 4) is 0 Å². The number of aromatic nitrogens is 1. The topological polar surface area (TPSA) is 36.4 Å². The van der Waals surface area contributed by atoms with Gasteiger partial charge in [-0.05, 0) is 24.0 Å². The first-order valence-electron chi connectivity index (χ1n) is 5.52. The highest BCUT2D eigenvalue weighted by Gasteiger charge is 2.30. The molecule has 0 spiro atoms. The van der Waals surface area contributed by atoms with E-state index in [0.717, 1.165) is 18.9 Å². The summed E-state index contributed by atoms with van der Waals surface area (Å²) in [5.41, 5.74) is 0. The molecule has 0 radical (unpaired) electrons. The highest BCUT2D eigenvalue weighted by molar-refractivity contribution is 5.38. The van der Waals surface area contributed by atoms with Crippen LogP contribution in [0.3, 0.4) is 0 Å². The third-order valence-corrected chi connectivity index (χ3v) is 3.16. The van der Waals surface area contributed by atoms with E-state index in [9.17, 15) is 5.11 Å². The normalized spacial score (nSPS) is 31.7. The van der Waals surface area contributed by atoms with Crippen molar-refractivity contribution in [3.63, 3.8) is 0 Å². The van der Waals surface area contributed by atoms with E-state index < -0.39 is 0 Å². The predicted octanol–water partition coefficient (Wildman–Crippen LogP) is 1.53. The average Bonchev–Trinajstić information content (AvgIpc) is 2.26. The Bertz CT molecular complexity index is 303. The molecule has 1 aromatic rings. The lowest BCUT2D eigenvalue weighted by Gasteiger charge is -2.39. The molecule has 15 heavy (non-hydrogen) atoms. The molecule has 2 rings (SSSR count). The lowest BCUT2D eigenvalue weighted by molar-refractivity contribution is 0.0527. The Morgan fingerprint density at radius 2 is 1.93 bits per heavy atom. The zero-order valence-electron chi connectivity index (χ0n) is 9.30. The molecule has 1 unspecified atom stereocenters. The van der Waals surface area contributed by atoms with Crippen LogP contribution in [0.1, 0.15) is 13.8 Å². The van der Waals surface area contributed by atoms with Gasteiger partial charge < -0.3 is 10.0 Å². The van der Waals surface area contributed by atoms with Crippen LogP contribution in [0.4, 0.5) is 5.82 Å². The summed E-state index contributed by atoms with van der Waals surface area (Å²) in [5.74, 6) is 1.65. The van der Waals surface area contributed by atoms with Gasteiger partial charge in [0.05, 0.1) is 6.10 Å². The van der Waals surface area contributed by atoms with Crippen LogP contribution in [0.2, 0.25) is 0 Å². The summed E-state index contributed by atoms with van der Waals surface area (Å²) in [5, 5.41) is 9.86. The highest BCUT2D eigenvalue weighted by atomic mass is 16.3. The average molecular weight is 206 g/mol. The molecular formula is C12H18N2O. The molecule has 1 N–H and O–H groups in total. The van der Waals surface area contributed by atoms with Crippen LogP contribution in [-0.4, -0.2) is 29.3 Å². The number of aliphatic hydroxyl groups excluding tert-OH is 1. The molecule has 2 heterocycles. The first-order chi connectivity index (χ1) is 7.18. The first kappa shape index (κ1) is 10.4. The van der Waals surface area contributed by atoms with Gasteiger partial charge in [0.25, 0.3) is 0 Å². The van der Waals surface area contributed by atoms with Gasteiger partial charge in [-0.3, -0.25) is 0 Å². The van der Waals surface area contributed by atoms with E-state index >= 15 is 0 Å². The van der Waals surface area contributed by atoms with Crippen molar-refractivity contribution in [1.29, 1.82) is 0 Å². The minimum absolute atomic E-state index is 0.176. The maximum atomic E-state index is 9.86. The number of hydrogen-bond donors (Lipinski definition) is 1. The van der Waals surface area contributed by atoms with Gasteiger partial charge >= 0.3 is 0 Å². The molecule has 3 heteroatoms. The molecule has 0 amide bonds. The van der Waals surface area contributed by atoms with Crippen molar-refractivity contribution < 1.29 is 5.11 Å². The number of anilines is 1. The fourth-order valence-corrected chi connectivity index (χ4v) is 2.27. The second kappa shape index (κ2) is 4.19. The SMILES string of the molecule is C[C@@H]1CN(c2ccccn2)C[C@H](C)C1O. The van der Waals surface area contributed by atoms with Gasteiger partial charge in [-0.1, -0.05) is 19.9 Å². The fraction of sp³-hybridized carbons (Fsp3) is 0.583. The molecule has 1 aliphatic rings. The summed E-state index contributed by atoms with van der Waals surface area (Å²) in [6, 6.07) is 5.95. The standard InChI is InChI=1S/C12H18N2O/c1-9-7-14(8-10(2)12(9)15)11-5-3-4-6-13-11/h3-6,9-10,12,15H,7-8H2,1-2H3/t9-,10+,12?. The van der Waals surface area contributed by atoms with Crippen molar-refractivity contribution in [1.82, 2.24) is 4.98 Å². The lowest BCUT2D eigenvalue weighted by atomic mass is 9.88. The molecule has 0 bridgehead atoms. The maximum Gasteiger partial charge on any atom is 0.128 e. The van der Waals surface area contributed by atoms with Gasteiger partial charge in [0.15, 0.2) is 0 Å². The van der Waals surface area contributed by atoms with Crippen molar-refractivity contribution in [2.45, 2.75) is 20.0 Å². The Hall–Kier alpha value is -1.09. The van der Waals surface area contributed by atoms with Gasteiger partial charge in [0, 0.05) is 19.3 Å². The zero-order valence-corrected chi connectivity index (χ0v) is 9.30. The molecule has 1 saturated heterocycles. The summed E-state index contributed by atoms with van der Waals surface area (Å²) >= 11 is 0. The maximum absolute atomic E-state index is 9.86. The fourth-order valence-electron chi connectivity index (χ4n) is 2.27. The molecule has 3 atom stereocenters. The summed E-state index contributed by atoms with van der Waals surface area (Å²) in [6.07, 6.45) is 1.64. The van der Waals surface area contributed by atoms with Crippen LogP contribution in [0.15, 0.2) is 24.4 Å². The Kier molecular flexibility index (Phi) is 2.91. The summed E-state index contributed by atoms with van der Waals surface area (Å²) in [4.78, 5) is 6.59. The monoisotopic (exact) mass is 206 g/mol. The smallest absolute Gasteiger partial charge is 0.128 e. The van der Waals surface area contributed by atoms with Crippen molar-refractivity contribution >= 4 is 5.82 Å². The van der Waals surface area contributed by atoms with Crippen LogP contribution in [-0.2, 0) is 0 Å². The molecule has 1 fully saturated rings. The van der Waals surface area contributed by atoms with E-state index in [1.54, 1.807) is 0 Å². The quantitative estimate of drug-likeness (QED) is 0.757. The lowest BCUT2D eigenvalue weighted by Crippen LogP contribution is -2.47. The largest absolute Gasteiger partial charge is 0.392 e. The van der Waals surface area contributed by atoms with Crippen molar-refractivity contribution in [2.24, 2.45) is 11.8 Å². The third-order valence-electron chi connectivity index (χ3n) is 3.16. The summed E-state index contributed by atoms with van der Waals surface area (Å²) in [6.45, 7) is 5.97. The minimum Gasteiger partial charge on any atom is -0.392 e. The molecule has 1 aromatic heterocycles. The van der Waals surface area contributed by atoms with Gasteiger partial charge in [-0.2, -0.15) is 0 Å². The van der Waals surface area contributed by atoms with E-state index in [1.165, 1.54) is 0 Å². The highest BCUT2D eigenvalue weighted by Crippen LogP contribution is 2.25. The Morgan fingerprint density at radius 3 is 2.47 bits per heavy atom. The van der Waals surface area contributed by atoms with Gasteiger partial charge in [-0.25, -0.2) is 4.98 Å². The van der Waals surface area contributed by atoms with Crippen LogP contribution in [0.25, 0.3) is 0 Å². The van der Waals surface area contributed by atoms with Crippen LogP contribution in [0.5, 0.6) is 0 Å². The van der Waals surface area contributed by atoms with E-state index in [4.69, 9.17) is 0 Å². The molecule has 0 aliphatic carbocycles. The number of nitrogens with zero attached hydrogens (tertiary/aromatic N) is 2. The molecular weight excluding hydrogens is 188 g/mol. The Labute approximate surface area is 90.8 Å². The number of aliphatic hydroxyl groups is 1. The Morgan fingerprint density at radius 1 is 1.27 bits per heavy atom. The van der Waals surface area contributed by atoms with Crippen LogP contribution >= 0.6 is 0 Å². The molecule has 1 aliphatic heterocycles. The van der Waals surface area contributed by atoms with Gasteiger partial charge in [0.1, 0.15) is 5.82 Å². The summed E-state index contributed by atoms with van der Waals surface area (Å²) in [7, 11) is 0. The number of pyridine rings is 1. The number of hydrogen-bond acceptors (Lipinski definition) is 3. The second-order valence-corrected chi connectivity index (χ2v) is 4.54. The molecule has 3 nitrogen and oxygen atoms in total. The molecule has 0 saturated carbocycles. The second-order valence-electron chi connectivity index (χ2n) is 4.54. The van der Waals surface area contributed by atoms with Crippen molar-refractivity contribution in [3.05, 3.63) is 24.4 Å². The van der Waals surface area contributed by atoms with Crippen LogP contribution < -0.4 is 4.90 Å².